The quantitative estimate of drug-likeness (QED) is 0.722. The zero-order valence-electron chi connectivity index (χ0n) is 14.2. The van der Waals surface area contributed by atoms with Crippen LogP contribution in [0, 0.1) is 0 Å². The van der Waals surface area contributed by atoms with E-state index >= 15 is 0 Å². The number of methoxy groups -OCH3 is 1. The maximum Gasteiger partial charge on any atom is 0.271 e. The molecule has 2 rings (SSSR count). The van der Waals surface area contributed by atoms with Gasteiger partial charge in [0.05, 0.1) is 0 Å². The normalized spacial score (nSPS) is 10.3. The number of aromatic nitrogens is 2. The van der Waals surface area contributed by atoms with Gasteiger partial charge in [0.2, 0.25) is 0 Å². The summed E-state index contributed by atoms with van der Waals surface area (Å²) < 4.78 is 4.93. The molecule has 7 heteroatoms. The lowest BCUT2D eigenvalue weighted by molar-refractivity contribution is 0.0942. The van der Waals surface area contributed by atoms with Crippen LogP contribution in [0.1, 0.15) is 16.9 Å². The molecule has 2 N–H and O–H groups in total. The van der Waals surface area contributed by atoms with Gasteiger partial charge in [-0.05, 0) is 42.8 Å². The molecule has 0 saturated heterocycles. The molecule has 0 aliphatic carbocycles. The molecule has 0 unspecified atom stereocenters. The number of amides is 1. The fourth-order valence-electron chi connectivity index (χ4n) is 2.02. The lowest BCUT2D eigenvalue weighted by Crippen LogP contribution is -2.26. The van der Waals surface area contributed by atoms with E-state index in [2.05, 4.69) is 20.8 Å². The lowest BCUT2D eigenvalue weighted by atomic mass is 10.2. The molecule has 24 heavy (non-hydrogen) atoms. The average Bonchev–Trinajstić information content (AvgIpc) is 2.59. The summed E-state index contributed by atoms with van der Waals surface area (Å²) >= 11 is 0. The van der Waals surface area contributed by atoms with Crippen LogP contribution < -0.4 is 15.5 Å². The third-order valence-corrected chi connectivity index (χ3v) is 3.36. The van der Waals surface area contributed by atoms with Crippen molar-refractivity contribution in [3.63, 3.8) is 0 Å². The van der Waals surface area contributed by atoms with Crippen molar-refractivity contribution in [2.45, 2.75) is 6.42 Å². The molecule has 1 amide bonds. The van der Waals surface area contributed by atoms with Crippen molar-refractivity contribution in [2.24, 2.45) is 0 Å². The van der Waals surface area contributed by atoms with Gasteiger partial charge in [0, 0.05) is 45.7 Å². The summed E-state index contributed by atoms with van der Waals surface area (Å²) in [6, 6.07) is 11.3. The highest BCUT2D eigenvalue weighted by Crippen LogP contribution is 2.18. The molecule has 0 aliphatic heterocycles. The minimum Gasteiger partial charge on any atom is -0.385 e. The Balaban J connectivity index is 1.90. The van der Waals surface area contributed by atoms with Crippen LogP contribution in [0.4, 0.5) is 17.2 Å². The molecule has 0 atom stereocenters. The molecule has 1 aromatic heterocycles. The molecule has 7 nitrogen and oxygen atoms in total. The smallest absolute Gasteiger partial charge is 0.271 e. The van der Waals surface area contributed by atoms with Crippen LogP contribution in [0.2, 0.25) is 0 Å². The first-order chi connectivity index (χ1) is 11.6. The number of nitrogens with zero attached hydrogens (tertiary/aromatic N) is 3. The van der Waals surface area contributed by atoms with Gasteiger partial charge in [0.15, 0.2) is 11.5 Å². The molecular weight excluding hydrogens is 306 g/mol. The van der Waals surface area contributed by atoms with Gasteiger partial charge in [0.1, 0.15) is 0 Å². The molecule has 0 aliphatic rings. The van der Waals surface area contributed by atoms with Crippen LogP contribution in [-0.2, 0) is 4.74 Å². The van der Waals surface area contributed by atoms with Crippen molar-refractivity contribution in [3.05, 3.63) is 42.1 Å². The van der Waals surface area contributed by atoms with E-state index in [0.717, 1.165) is 17.8 Å². The number of carbonyl (C=O) groups is 1. The molecular formula is C17H23N5O2. The van der Waals surface area contributed by atoms with E-state index in [1.165, 1.54) is 0 Å². The predicted octanol–water partition coefficient (Wildman–Crippen LogP) is 2.05. The number of anilines is 3. The number of hydrogen-bond donors (Lipinski definition) is 2. The van der Waals surface area contributed by atoms with Gasteiger partial charge in [-0.3, -0.25) is 4.79 Å². The van der Waals surface area contributed by atoms with Crippen LogP contribution in [-0.4, -0.2) is 50.5 Å². The lowest BCUT2D eigenvalue weighted by Gasteiger charge is -2.13. The first-order valence-electron chi connectivity index (χ1n) is 7.75. The standard InChI is InChI=1S/C17H23N5O2/c1-22(2)14-7-5-13(6-8-14)19-16-10-9-15(20-21-16)17(23)18-11-4-12-24-3/h5-10H,4,11-12H2,1-3H3,(H,18,23)(H,19,21). The molecule has 0 fully saturated rings. The topological polar surface area (TPSA) is 79.4 Å². The number of benzene rings is 1. The fourth-order valence-corrected chi connectivity index (χ4v) is 2.02. The second-order valence-corrected chi connectivity index (χ2v) is 5.47. The van der Waals surface area contributed by atoms with Gasteiger partial charge in [-0.1, -0.05) is 0 Å². The second-order valence-electron chi connectivity index (χ2n) is 5.47. The molecule has 0 saturated carbocycles. The van der Waals surface area contributed by atoms with Crippen LogP contribution in [0.3, 0.4) is 0 Å². The highest BCUT2D eigenvalue weighted by molar-refractivity contribution is 5.92. The highest BCUT2D eigenvalue weighted by Gasteiger charge is 2.07. The van der Waals surface area contributed by atoms with E-state index in [1.807, 2.05) is 43.3 Å². The molecule has 1 aromatic carbocycles. The molecule has 0 spiro atoms. The summed E-state index contributed by atoms with van der Waals surface area (Å²) in [7, 11) is 5.62. The SMILES string of the molecule is COCCCNC(=O)c1ccc(Nc2ccc(N(C)C)cc2)nn1. The van der Waals surface area contributed by atoms with Gasteiger partial charge in [-0.25, -0.2) is 0 Å². The number of nitrogens with one attached hydrogen (secondary N) is 2. The Kier molecular flexibility index (Phi) is 6.51. The summed E-state index contributed by atoms with van der Waals surface area (Å²) in [4.78, 5) is 13.9. The monoisotopic (exact) mass is 329 g/mol. The Morgan fingerprint density at radius 1 is 1.12 bits per heavy atom. The Morgan fingerprint density at radius 2 is 1.88 bits per heavy atom. The number of rotatable bonds is 8. The number of carbonyl (C=O) groups excluding carboxylic acids is 1. The number of ether oxygens (including phenoxy) is 1. The summed E-state index contributed by atoms with van der Waals surface area (Å²) in [6.45, 7) is 1.16. The third-order valence-electron chi connectivity index (χ3n) is 3.36. The van der Waals surface area contributed by atoms with Gasteiger partial charge < -0.3 is 20.3 Å². The maximum atomic E-state index is 11.9. The Hall–Kier alpha value is -2.67. The Labute approximate surface area is 142 Å². The zero-order chi connectivity index (χ0) is 17.4. The first-order valence-corrected chi connectivity index (χ1v) is 7.75. The molecule has 0 bridgehead atoms. The predicted molar refractivity (Wildman–Crippen MR) is 94.9 cm³/mol. The van der Waals surface area contributed by atoms with Crippen LogP contribution >= 0.6 is 0 Å². The fraction of sp³-hybridized carbons (Fsp3) is 0.353. The summed E-state index contributed by atoms with van der Waals surface area (Å²) in [5.74, 6) is 0.351. The van der Waals surface area contributed by atoms with Gasteiger partial charge in [-0.2, -0.15) is 0 Å². The van der Waals surface area contributed by atoms with E-state index in [1.54, 1.807) is 19.2 Å². The molecule has 0 radical (unpaired) electrons. The second kappa shape index (κ2) is 8.83. The van der Waals surface area contributed by atoms with Crippen molar-refractivity contribution >= 4 is 23.1 Å². The van der Waals surface area contributed by atoms with Crippen LogP contribution in [0.5, 0.6) is 0 Å². The van der Waals surface area contributed by atoms with E-state index in [9.17, 15) is 4.79 Å². The minimum absolute atomic E-state index is 0.236. The summed E-state index contributed by atoms with van der Waals surface area (Å²) in [5, 5.41) is 13.9. The van der Waals surface area contributed by atoms with Crippen LogP contribution in [0.25, 0.3) is 0 Å². The largest absolute Gasteiger partial charge is 0.385 e. The highest BCUT2D eigenvalue weighted by atomic mass is 16.5. The molecule has 2 aromatic rings. The number of hydrogen-bond acceptors (Lipinski definition) is 6. The maximum absolute atomic E-state index is 11.9. The molecule has 1 heterocycles. The third kappa shape index (κ3) is 5.20. The van der Waals surface area contributed by atoms with E-state index < -0.39 is 0 Å². The van der Waals surface area contributed by atoms with Gasteiger partial charge >= 0.3 is 0 Å². The van der Waals surface area contributed by atoms with Crippen molar-refractivity contribution in [2.75, 3.05) is 44.6 Å². The van der Waals surface area contributed by atoms with E-state index in [0.29, 0.717) is 24.7 Å². The van der Waals surface area contributed by atoms with Crippen LogP contribution in [0.15, 0.2) is 36.4 Å². The zero-order valence-corrected chi connectivity index (χ0v) is 14.2. The van der Waals surface area contributed by atoms with Crippen molar-refractivity contribution in [1.29, 1.82) is 0 Å². The van der Waals surface area contributed by atoms with E-state index in [4.69, 9.17) is 4.74 Å². The average molecular weight is 329 g/mol. The van der Waals surface area contributed by atoms with Gasteiger partial charge in [-0.15, -0.1) is 10.2 Å². The van der Waals surface area contributed by atoms with Crippen molar-refractivity contribution in [3.8, 4) is 0 Å². The minimum atomic E-state index is -0.236. The molecule has 128 valence electrons. The van der Waals surface area contributed by atoms with E-state index in [-0.39, 0.29) is 5.91 Å². The van der Waals surface area contributed by atoms with Gasteiger partial charge in [0.25, 0.3) is 5.91 Å². The van der Waals surface area contributed by atoms with Crippen molar-refractivity contribution < 1.29 is 9.53 Å². The van der Waals surface area contributed by atoms with Crippen molar-refractivity contribution in [1.82, 2.24) is 15.5 Å². The summed E-state index contributed by atoms with van der Waals surface area (Å²) in [6.07, 6.45) is 0.762. The summed E-state index contributed by atoms with van der Waals surface area (Å²) in [5.41, 5.74) is 2.32. The Bertz CT molecular complexity index is 641. The first kappa shape index (κ1) is 17.7. The Morgan fingerprint density at radius 3 is 2.46 bits per heavy atom.